The fourth-order valence-corrected chi connectivity index (χ4v) is 4.11. The lowest BCUT2D eigenvalue weighted by molar-refractivity contribution is -0.106. The van der Waals surface area contributed by atoms with Crippen molar-refractivity contribution in [3.63, 3.8) is 0 Å². The number of hydrogen-bond acceptors (Lipinski definition) is 5. The number of rotatable bonds is 11. The van der Waals surface area contributed by atoms with Crippen LogP contribution in [0.25, 0.3) is 6.08 Å². The molecule has 0 saturated carbocycles. The topological polar surface area (TPSA) is 63.2 Å². The summed E-state index contributed by atoms with van der Waals surface area (Å²) in [6.07, 6.45) is 2.40. The van der Waals surface area contributed by atoms with E-state index in [0.717, 1.165) is 46.0 Å². The largest absolute Gasteiger partial charge is 0.494 e. The van der Waals surface area contributed by atoms with Crippen LogP contribution in [-0.2, 0) is 16.1 Å². The van der Waals surface area contributed by atoms with Crippen LogP contribution in [0.3, 0.4) is 0 Å². The van der Waals surface area contributed by atoms with Crippen molar-refractivity contribution < 1.29 is 14.3 Å². The number of hydrogen-bond donors (Lipinski definition) is 1. The van der Waals surface area contributed by atoms with E-state index < -0.39 is 0 Å². The van der Waals surface area contributed by atoms with E-state index in [1.165, 1.54) is 0 Å². The van der Waals surface area contributed by atoms with Gasteiger partial charge in [0.2, 0.25) is 0 Å². The summed E-state index contributed by atoms with van der Waals surface area (Å²) in [6, 6.07) is 34.1. The van der Waals surface area contributed by atoms with Gasteiger partial charge in [0.15, 0.2) is 12.0 Å². The molecule has 0 radical (unpaired) electrons. The minimum Gasteiger partial charge on any atom is -0.494 e. The number of carbonyl (C=O) groups excluding carboxylic acids is 1. The average molecular weight is 534 g/mol. The summed E-state index contributed by atoms with van der Waals surface area (Å²) >= 11 is 0. The van der Waals surface area contributed by atoms with Gasteiger partial charge in [-0.15, -0.1) is 0 Å². The fraction of sp³-hybridized carbons (Fsp3) is 0.176. The van der Waals surface area contributed by atoms with Crippen molar-refractivity contribution in [1.82, 2.24) is 0 Å². The van der Waals surface area contributed by atoms with Crippen LogP contribution in [0.2, 0.25) is 0 Å². The van der Waals surface area contributed by atoms with Crippen molar-refractivity contribution >= 4 is 35.4 Å². The first-order valence-electron chi connectivity index (χ1n) is 13.4. The van der Waals surface area contributed by atoms with Crippen molar-refractivity contribution in [3.8, 4) is 5.75 Å². The number of benzene rings is 4. The molecule has 0 unspecified atom stereocenters. The van der Waals surface area contributed by atoms with E-state index in [-0.39, 0.29) is 11.8 Å². The minimum absolute atomic E-state index is 0.146. The molecule has 0 aliphatic rings. The zero-order chi connectivity index (χ0) is 28.2. The first-order valence-corrected chi connectivity index (χ1v) is 13.4. The molecule has 0 fully saturated rings. The molecule has 0 spiro atoms. The number of allylic oxidation sites excluding steroid dienone is 1. The molecule has 6 heteroatoms. The van der Waals surface area contributed by atoms with Crippen LogP contribution in [0.1, 0.15) is 30.5 Å². The summed E-state index contributed by atoms with van der Waals surface area (Å²) in [5, 5.41) is 3.21. The number of nitrogens with zero attached hydrogens (tertiary/aromatic N) is 2. The Morgan fingerprint density at radius 2 is 1.52 bits per heavy atom. The molecule has 0 amide bonds. The van der Waals surface area contributed by atoms with Gasteiger partial charge in [-0.25, -0.2) is 4.99 Å². The van der Waals surface area contributed by atoms with Crippen molar-refractivity contribution in [1.29, 1.82) is 0 Å². The molecule has 6 nitrogen and oxygen atoms in total. The van der Waals surface area contributed by atoms with Gasteiger partial charge in [0.1, 0.15) is 5.75 Å². The number of anilines is 3. The summed E-state index contributed by atoms with van der Waals surface area (Å²) in [6.45, 7) is 7.92. The lowest BCUT2D eigenvalue weighted by Crippen LogP contribution is -2.17. The van der Waals surface area contributed by atoms with Gasteiger partial charge in [0.05, 0.1) is 13.2 Å². The molecule has 0 saturated heterocycles. The number of para-hydroxylation sites is 1. The molecule has 0 atom stereocenters. The third-order valence-electron chi connectivity index (χ3n) is 6.17. The van der Waals surface area contributed by atoms with Gasteiger partial charge < -0.3 is 19.7 Å². The maximum Gasteiger partial charge on any atom is 0.295 e. The molecule has 4 aromatic rings. The number of ether oxygens (including phenoxy) is 2. The highest BCUT2D eigenvalue weighted by atomic mass is 16.5. The molecule has 0 bridgehead atoms. The summed E-state index contributed by atoms with van der Waals surface area (Å²) in [5.74, 6) is 0.959. The van der Waals surface area contributed by atoms with Crippen molar-refractivity contribution in [3.05, 3.63) is 126 Å². The number of aryl methyl sites for hydroxylation is 1. The van der Waals surface area contributed by atoms with Gasteiger partial charge in [0.25, 0.3) is 6.02 Å². The van der Waals surface area contributed by atoms with Gasteiger partial charge in [-0.2, -0.15) is 0 Å². The van der Waals surface area contributed by atoms with E-state index in [0.29, 0.717) is 19.4 Å². The Morgan fingerprint density at radius 1 is 0.850 bits per heavy atom. The predicted molar refractivity (Wildman–Crippen MR) is 164 cm³/mol. The highest BCUT2D eigenvalue weighted by Gasteiger charge is 2.09. The molecular weight excluding hydrogens is 498 g/mol. The molecule has 4 aromatic carbocycles. The molecular formula is C34H35N3O3. The summed E-state index contributed by atoms with van der Waals surface area (Å²) in [5.41, 5.74) is 5.98. The zero-order valence-electron chi connectivity index (χ0n) is 23.2. The Bertz CT molecular complexity index is 1410. The van der Waals surface area contributed by atoms with Crippen LogP contribution in [-0.4, -0.2) is 25.5 Å². The highest BCUT2D eigenvalue weighted by molar-refractivity contribution is 5.93. The fourth-order valence-electron chi connectivity index (χ4n) is 4.11. The summed E-state index contributed by atoms with van der Waals surface area (Å²) in [7, 11) is 0. The highest BCUT2D eigenvalue weighted by Crippen LogP contribution is 2.25. The maximum atomic E-state index is 12.0. The first kappa shape index (κ1) is 28.2. The molecule has 204 valence electrons. The monoisotopic (exact) mass is 533 g/mol. The zero-order valence-corrected chi connectivity index (χ0v) is 23.2. The van der Waals surface area contributed by atoms with Crippen molar-refractivity contribution in [2.75, 3.05) is 23.4 Å². The Balaban J connectivity index is 1.53. The van der Waals surface area contributed by atoms with E-state index in [9.17, 15) is 4.79 Å². The second kappa shape index (κ2) is 14.4. The normalized spacial score (nSPS) is 11.6. The number of nitrogens with one attached hydrogen (secondary N) is 1. The van der Waals surface area contributed by atoms with E-state index in [4.69, 9.17) is 9.47 Å². The molecule has 1 N–H and O–H groups in total. The van der Waals surface area contributed by atoms with E-state index in [2.05, 4.69) is 34.3 Å². The first-order chi connectivity index (χ1) is 19.6. The number of amidine groups is 1. The molecule has 0 heterocycles. The van der Waals surface area contributed by atoms with Gasteiger partial charge >= 0.3 is 0 Å². The third kappa shape index (κ3) is 8.08. The molecule has 0 aliphatic carbocycles. The number of aldehydes is 1. The Morgan fingerprint density at radius 3 is 2.15 bits per heavy atom. The summed E-state index contributed by atoms with van der Waals surface area (Å²) < 4.78 is 11.5. The van der Waals surface area contributed by atoms with E-state index in [1.54, 1.807) is 6.08 Å². The quantitative estimate of drug-likeness (QED) is 0.0701. The molecule has 4 rings (SSSR count). The standard InChI is InChI=1S/C34H35N3O3/c1-4-37(30-9-7-6-8-10-30)31-19-13-27(14-20-31)23-33(25-38)40-34(36-29-17-11-26(3)12-18-29)35-24-28-15-21-32(22-16-28)39-5-2/h6-23,25H,4-5,24H2,1-3H3,(H,35,36)/b33-23+. The Kier molecular flexibility index (Phi) is 10.1. The van der Waals surface area contributed by atoms with E-state index in [1.807, 2.05) is 105 Å². The number of carbonyl (C=O) groups is 1. The van der Waals surface area contributed by atoms with Gasteiger partial charge in [-0.3, -0.25) is 4.79 Å². The van der Waals surface area contributed by atoms with Gasteiger partial charge in [-0.1, -0.05) is 60.2 Å². The lowest BCUT2D eigenvalue weighted by Gasteiger charge is -2.23. The molecule has 0 aliphatic heterocycles. The number of aliphatic imine (C=N–C) groups is 1. The SMILES string of the molecule is CCOc1ccc(CN=C(Nc2ccc(C)cc2)O/C(C=O)=C/c2ccc(N(CC)c3ccccc3)cc2)cc1. The average Bonchev–Trinajstić information content (AvgIpc) is 2.99. The van der Waals surface area contributed by atoms with Gasteiger partial charge in [0, 0.05) is 23.6 Å². The van der Waals surface area contributed by atoms with Crippen LogP contribution in [0.15, 0.2) is 114 Å². The maximum absolute atomic E-state index is 12.0. The van der Waals surface area contributed by atoms with E-state index >= 15 is 0 Å². The Hall–Kier alpha value is -4.84. The molecule has 40 heavy (non-hydrogen) atoms. The summed E-state index contributed by atoms with van der Waals surface area (Å²) in [4.78, 5) is 18.9. The lowest BCUT2D eigenvalue weighted by atomic mass is 10.1. The molecule has 0 aromatic heterocycles. The van der Waals surface area contributed by atoms with Crippen molar-refractivity contribution in [2.24, 2.45) is 4.99 Å². The predicted octanol–water partition coefficient (Wildman–Crippen LogP) is 7.78. The van der Waals surface area contributed by atoms with Crippen LogP contribution < -0.4 is 15.0 Å². The van der Waals surface area contributed by atoms with Gasteiger partial charge in [-0.05, 0) is 86.5 Å². The van der Waals surface area contributed by atoms with Crippen molar-refractivity contribution in [2.45, 2.75) is 27.3 Å². The Labute approximate surface area is 236 Å². The smallest absolute Gasteiger partial charge is 0.295 e. The van der Waals surface area contributed by atoms with Crippen LogP contribution >= 0.6 is 0 Å². The van der Waals surface area contributed by atoms with Crippen LogP contribution in [0, 0.1) is 6.92 Å². The third-order valence-corrected chi connectivity index (χ3v) is 6.17. The second-order valence-electron chi connectivity index (χ2n) is 9.13. The van der Waals surface area contributed by atoms with Crippen LogP contribution in [0.5, 0.6) is 5.75 Å². The minimum atomic E-state index is 0.146. The van der Waals surface area contributed by atoms with Crippen LogP contribution in [0.4, 0.5) is 17.1 Å². The second-order valence-corrected chi connectivity index (χ2v) is 9.13.